The smallest absolute Gasteiger partial charge is 0.219 e. The van der Waals surface area contributed by atoms with Crippen molar-refractivity contribution >= 4 is 10.0 Å². The monoisotopic (exact) mass is 434 g/mol. The second-order valence-electron chi connectivity index (χ2n) is 8.29. The van der Waals surface area contributed by atoms with Crippen molar-refractivity contribution in [2.24, 2.45) is 5.92 Å². The normalized spacial score (nSPS) is 24.1. The molecule has 1 aliphatic heterocycles. The highest BCUT2D eigenvalue weighted by atomic mass is 32.2. The average molecular weight is 435 g/mol. The number of nitriles is 1. The topological polar surface area (TPSA) is 81.4 Å². The summed E-state index contributed by atoms with van der Waals surface area (Å²) in [6.45, 7) is -0.333. The van der Waals surface area contributed by atoms with E-state index in [0.29, 0.717) is 11.5 Å². The number of benzene rings is 2. The van der Waals surface area contributed by atoms with Gasteiger partial charge in [-0.15, -0.1) is 0 Å². The highest BCUT2D eigenvalue weighted by molar-refractivity contribution is 7.88. The van der Waals surface area contributed by atoms with E-state index in [-0.39, 0.29) is 18.3 Å². The number of sulfonamides is 1. The summed E-state index contributed by atoms with van der Waals surface area (Å²) in [7, 11) is -3.74. The number of nitrogens with zero attached hydrogens (tertiary/aromatic N) is 2. The fraction of sp³-hybridized carbons (Fsp3) is 0.400. The lowest BCUT2D eigenvalue weighted by Gasteiger charge is -2.50. The summed E-state index contributed by atoms with van der Waals surface area (Å²) < 4.78 is 27.2. The maximum Gasteiger partial charge on any atom is 0.219 e. The molecule has 0 aromatic heterocycles. The molecule has 160 valence electrons. The molecule has 2 aliphatic rings. The largest absolute Gasteiger partial charge is 0.395 e. The maximum atomic E-state index is 13.0. The Morgan fingerprint density at radius 1 is 1.03 bits per heavy atom. The third-order valence-electron chi connectivity index (χ3n) is 6.26. The second-order valence-corrected chi connectivity index (χ2v) is 10.2. The summed E-state index contributed by atoms with van der Waals surface area (Å²) in [5.74, 6) is 6.49. The molecule has 3 atom stereocenters. The number of rotatable bonds is 5. The minimum absolute atomic E-state index is 0.190. The zero-order valence-corrected chi connectivity index (χ0v) is 18.1. The van der Waals surface area contributed by atoms with Gasteiger partial charge in [-0.05, 0) is 36.1 Å². The lowest BCUT2D eigenvalue weighted by Crippen LogP contribution is -2.65. The molecule has 0 amide bonds. The van der Waals surface area contributed by atoms with Crippen LogP contribution in [0.2, 0.25) is 0 Å². The van der Waals surface area contributed by atoms with Gasteiger partial charge < -0.3 is 5.11 Å². The first-order valence-corrected chi connectivity index (χ1v) is 12.3. The fourth-order valence-electron chi connectivity index (χ4n) is 4.65. The molecule has 0 unspecified atom stereocenters. The zero-order chi connectivity index (χ0) is 21.8. The fourth-order valence-corrected chi connectivity index (χ4v) is 6.55. The van der Waals surface area contributed by atoms with Gasteiger partial charge in [-0.2, -0.15) is 9.57 Å². The molecular weight excluding hydrogens is 408 g/mol. The summed E-state index contributed by atoms with van der Waals surface area (Å²) in [5.41, 5.74) is 2.42. The zero-order valence-electron chi connectivity index (χ0n) is 17.3. The third-order valence-corrected chi connectivity index (χ3v) is 8.10. The number of hydrogen-bond acceptors (Lipinski definition) is 4. The van der Waals surface area contributed by atoms with Crippen molar-refractivity contribution in [3.05, 3.63) is 71.3 Å². The highest BCUT2D eigenvalue weighted by Gasteiger charge is 2.54. The third kappa shape index (κ3) is 4.52. The van der Waals surface area contributed by atoms with Crippen LogP contribution in [0.4, 0.5) is 0 Å². The van der Waals surface area contributed by atoms with Crippen molar-refractivity contribution in [1.29, 1.82) is 5.26 Å². The standard InChI is InChI=1S/C25H26N2O3S/c26-16-23-25(22-14-12-20(13-15-22)11-10-19-6-4-5-7-19)24(17-28)27(23)31(29,30)18-21-8-2-1-3-9-21/h1-3,8-9,12-15,19,23-25,28H,4-7,17-18H2/t23-,24+,25+/m0/s1. The van der Waals surface area contributed by atoms with E-state index in [4.69, 9.17) is 0 Å². The van der Waals surface area contributed by atoms with Gasteiger partial charge in [0.2, 0.25) is 10.0 Å². The minimum atomic E-state index is -3.74. The van der Waals surface area contributed by atoms with E-state index >= 15 is 0 Å². The van der Waals surface area contributed by atoms with Gasteiger partial charge in [-0.1, -0.05) is 67.1 Å². The molecule has 1 saturated carbocycles. The summed E-state index contributed by atoms with van der Waals surface area (Å²) in [6, 6.07) is 17.2. The van der Waals surface area contributed by atoms with Crippen LogP contribution >= 0.6 is 0 Å². The van der Waals surface area contributed by atoms with E-state index in [1.54, 1.807) is 24.3 Å². The first kappa shape index (κ1) is 21.6. The molecule has 0 spiro atoms. The molecule has 1 heterocycles. The summed E-state index contributed by atoms with van der Waals surface area (Å²) in [5, 5.41) is 19.7. The van der Waals surface area contributed by atoms with Gasteiger partial charge in [-0.3, -0.25) is 0 Å². The molecule has 31 heavy (non-hydrogen) atoms. The van der Waals surface area contributed by atoms with Crippen LogP contribution in [0.5, 0.6) is 0 Å². The summed E-state index contributed by atoms with van der Waals surface area (Å²) >= 11 is 0. The molecule has 1 saturated heterocycles. The molecule has 2 aromatic carbocycles. The lowest BCUT2D eigenvalue weighted by atomic mass is 9.78. The van der Waals surface area contributed by atoms with Gasteiger partial charge in [0.25, 0.3) is 0 Å². The number of aliphatic hydroxyl groups is 1. The Balaban J connectivity index is 1.52. The summed E-state index contributed by atoms with van der Waals surface area (Å²) in [6.07, 6.45) is 4.84. The number of aliphatic hydroxyl groups excluding tert-OH is 1. The molecule has 1 aliphatic carbocycles. The quantitative estimate of drug-likeness (QED) is 0.731. The van der Waals surface area contributed by atoms with E-state index in [1.165, 1.54) is 30.0 Å². The maximum absolute atomic E-state index is 13.0. The SMILES string of the molecule is N#C[C@H]1[C@@H](c2ccc(C#CC3CCCC3)cc2)[C@@H](CO)N1S(=O)(=O)Cc1ccccc1. The van der Waals surface area contributed by atoms with Crippen molar-refractivity contribution < 1.29 is 13.5 Å². The Morgan fingerprint density at radius 3 is 2.32 bits per heavy atom. The molecular formula is C25H26N2O3S. The Hall–Kier alpha value is -2.64. The molecule has 2 aromatic rings. The van der Waals surface area contributed by atoms with Crippen LogP contribution in [0.1, 0.15) is 48.3 Å². The summed E-state index contributed by atoms with van der Waals surface area (Å²) in [4.78, 5) is 0. The van der Waals surface area contributed by atoms with Crippen LogP contribution in [0.15, 0.2) is 54.6 Å². The van der Waals surface area contributed by atoms with Gasteiger partial charge in [-0.25, -0.2) is 8.42 Å². The first-order valence-electron chi connectivity index (χ1n) is 10.7. The average Bonchev–Trinajstić information content (AvgIpc) is 3.27. The Bertz CT molecular complexity index is 1110. The molecule has 2 fully saturated rings. The van der Waals surface area contributed by atoms with Crippen molar-refractivity contribution in [2.75, 3.05) is 6.61 Å². The van der Waals surface area contributed by atoms with Crippen molar-refractivity contribution in [3.63, 3.8) is 0 Å². The molecule has 0 radical (unpaired) electrons. The minimum Gasteiger partial charge on any atom is -0.395 e. The second kappa shape index (κ2) is 9.24. The van der Waals surface area contributed by atoms with Crippen molar-refractivity contribution in [1.82, 2.24) is 4.31 Å². The van der Waals surface area contributed by atoms with Gasteiger partial charge in [0.1, 0.15) is 6.04 Å². The Labute approximate surface area is 184 Å². The van der Waals surface area contributed by atoms with E-state index in [9.17, 15) is 18.8 Å². The van der Waals surface area contributed by atoms with Crippen LogP contribution in [0.25, 0.3) is 0 Å². The van der Waals surface area contributed by atoms with Gasteiger partial charge in [0, 0.05) is 17.4 Å². The van der Waals surface area contributed by atoms with Gasteiger partial charge in [0.05, 0.1) is 24.5 Å². The van der Waals surface area contributed by atoms with Crippen molar-refractivity contribution in [2.45, 2.75) is 49.4 Å². The molecule has 1 N–H and O–H groups in total. The van der Waals surface area contributed by atoms with E-state index in [2.05, 4.69) is 17.9 Å². The molecule has 6 heteroatoms. The van der Waals surface area contributed by atoms with Gasteiger partial charge >= 0.3 is 0 Å². The van der Waals surface area contributed by atoms with Crippen LogP contribution < -0.4 is 0 Å². The highest BCUT2D eigenvalue weighted by Crippen LogP contribution is 2.43. The molecule has 5 nitrogen and oxygen atoms in total. The Kier molecular flexibility index (Phi) is 6.43. The van der Waals surface area contributed by atoms with Crippen LogP contribution in [0.3, 0.4) is 0 Å². The van der Waals surface area contributed by atoms with E-state index < -0.39 is 22.1 Å². The van der Waals surface area contributed by atoms with Crippen LogP contribution in [-0.2, 0) is 15.8 Å². The van der Waals surface area contributed by atoms with Crippen LogP contribution in [0, 0.1) is 29.1 Å². The predicted octanol–water partition coefficient (Wildman–Crippen LogP) is 3.41. The molecule has 0 bridgehead atoms. The number of hydrogen-bond donors (Lipinski definition) is 1. The van der Waals surface area contributed by atoms with Gasteiger partial charge in [0.15, 0.2) is 0 Å². The van der Waals surface area contributed by atoms with E-state index in [0.717, 1.165) is 11.1 Å². The van der Waals surface area contributed by atoms with E-state index in [1.807, 2.05) is 30.3 Å². The predicted molar refractivity (Wildman–Crippen MR) is 119 cm³/mol. The Morgan fingerprint density at radius 2 is 1.71 bits per heavy atom. The van der Waals surface area contributed by atoms with Crippen LogP contribution in [-0.4, -0.2) is 36.5 Å². The first-order chi connectivity index (χ1) is 15.0. The molecule has 4 rings (SSSR count). The van der Waals surface area contributed by atoms with Crippen molar-refractivity contribution in [3.8, 4) is 17.9 Å². The lowest BCUT2D eigenvalue weighted by molar-refractivity contribution is 0.0555.